The quantitative estimate of drug-likeness (QED) is 0.644. The van der Waals surface area contributed by atoms with Gasteiger partial charge >= 0.3 is 0 Å². The van der Waals surface area contributed by atoms with E-state index in [4.69, 9.17) is 10.00 Å². The van der Waals surface area contributed by atoms with E-state index in [9.17, 15) is 5.11 Å². The Morgan fingerprint density at radius 1 is 1.25 bits per heavy atom. The third-order valence-electron chi connectivity index (χ3n) is 3.05. The number of nitrogens with zero attached hydrogens (tertiary/aromatic N) is 1. The third kappa shape index (κ3) is 6.67. The van der Waals surface area contributed by atoms with Crippen LogP contribution in [0.1, 0.15) is 43.4 Å². The van der Waals surface area contributed by atoms with Crippen molar-refractivity contribution >= 4 is 0 Å². The maximum Gasteiger partial charge on any atom is 0.0991 e. The Bertz CT molecular complexity index is 398. The predicted octanol–water partition coefficient (Wildman–Crippen LogP) is 2.39. The molecule has 0 aliphatic rings. The fourth-order valence-corrected chi connectivity index (χ4v) is 1.78. The summed E-state index contributed by atoms with van der Waals surface area (Å²) in [6.07, 6.45) is 2.69. The van der Waals surface area contributed by atoms with Crippen molar-refractivity contribution in [3.05, 3.63) is 35.4 Å². The monoisotopic (exact) mass is 276 g/mol. The lowest BCUT2D eigenvalue weighted by Gasteiger charge is -2.12. The van der Waals surface area contributed by atoms with Crippen molar-refractivity contribution in [1.82, 2.24) is 5.32 Å². The first-order valence-electron chi connectivity index (χ1n) is 7.24. The van der Waals surface area contributed by atoms with Crippen molar-refractivity contribution in [3.63, 3.8) is 0 Å². The summed E-state index contributed by atoms with van der Waals surface area (Å²) in [5, 5.41) is 21.9. The number of unbranched alkanes of at least 4 members (excludes halogenated alkanes) is 1. The second-order valence-electron chi connectivity index (χ2n) is 4.77. The molecule has 20 heavy (non-hydrogen) atoms. The average molecular weight is 276 g/mol. The van der Waals surface area contributed by atoms with Crippen molar-refractivity contribution in [1.29, 1.82) is 5.26 Å². The minimum absolute atomic E-state index is 0.515. The molecule has 1 unspecified atom stereocenters. The first kappa shape index (κ1) is 16.6. The third-order valence-corrected chi connectivity index (χ3v) is 3.05. The van der Waals surface area contributed by atoms with Crippen LogP contribution in [-0.4, -0.2) is 31.4 Å². The van der Waals surface area contributed by atoms with Gasteiger partial charge in [0.25, 0.3) is 0 Å². The highest BCUT2D eigenvalue weighted by molar-refractivity contribution is 5.32. The molecule has 1 aromatic rings. The fourth-order valence-electron chi connectivity index (χ4n) is 1.78. The van der Waals surface area contributed by atoms with Gasteiger partial charge in [0.1, 0.15) is 0 Å². The number of aliphatic hydroxyl groups excluding tert-OH is 1. The number of hydrogen-bond donors (Lipinski definition) is 2. The highest BCUT2D eigenvalue weighted by atomic mass is 16.5. The summed E-state index contributed by atoms with van der Waals surface area (Å²) in [4.78, 5) is 0. The van der Waals surface area contributed by atoms with Crippen molar-refractivity contribution in [3.8, 4) is 6.07 Å². The molecular weight excluding hydrogens is 252 g/mol. The predicted molar refractivity (Wildman–Crippen MR) is 79.3 cm³/mol. The molecule has 0 spiro atoms. The van der Waals surface area contributed by atoms with Crippen LogP contribution in [0.5, 0.6) is 0 Å². The van der Waals surface area contributed by atoms with Crippen LogP contribution < -0.4 is 5.32 Å². The van der Waals surface area contributed by atoms with E-state index in [1.165, 1.54) is 0 Å². The van der Waals surface area contributed by atoms with Crippen molar-refractivity contribution in [2.24, 2.45) is 0 Å². The number of aliphatic hydroxyl groups is 1. The molecule has 1 rings (SSSR count). The van der Waals surface area contributed by atoms with Crippen LogP contribution in [0.15, 0.2) is 24.3 Å². The van der Waals surface area contributed by atoms with Crippen molar-refractivity contribution in [2.75, 3.05) is 26.3 Å². The SMILES string of the molecule is CCCCOCCCNCC(O)c1ccc(C#N)cc1. The van der Waals surface area contributed by atoms with E-state index >= 15 is 0 Å². The van der Waals surface area contributed by atoms with Gasteiger partial charge in [-0.15, -0.1) is 0 Å². The first-order valence-corrected chi connectivity index (χ1v) is 7.24. The smallest absolute Gasteiger partial charge is 0.0991 e. The molecule has 0 amide bonds. The molecule has 0 saturated carbocycles. The standard InChI is InChI=1S/C16H24N2O2/c1-2-3-10-20-11-4-9-18-13-16(19)15-7-5-14(12-17)6-8-15/h5-8,16,18-19H,2-4,9-11,13H2,1H3. The Hall–Kier alpha value is -1.41. The summed E-state index contributed by atoms with van der Waals surface area (Å²) in [5.41, 5.74) is 1.44. The lowest BCUT2D eigenvalue weighted by Crippen LogP contribution is -2.23. The van der Waals surface area contributed by atoms with Crippen LogP contribution in [0.2, 0.25) is 0 Å². The van der Waals surface area contributed by atoms with Crippen LogP contribution in [0.4, 0.5) is 0 Å². The molecular formula is C16H24N2O2. The molecule has 0 aromatic heterocycles. The van der Waals surface area contributed by atoms with E-state index in [0.29, 0.717) is 12.1 Å². The molecule has 110 valence electrons. The summed E-state index contributed by atoms with van der Waals surface area (Å²) in [7, 11) is 0. The molecule has 2 N–H and O–H groups in total. The van der Waals surface area contributed by atoms with Crippen LogP contribution in [-0.2, 0) is 4.74 Å². The maximum absolute atomic E-state index is 9.98. The van der Waals surface area contributed by atoms with Gasteiger partial charge in [-0.25, -0.2) is 0 Å². The van der Waals surface area contributed by atoms with Gasteiger partial charge in [-0.2, -0.15) is 5.26 Å². The minimum atomic E-state index is -0.538. The van der Waals surface area contributed by atoms with E-state index in [1.54, 1.807) is 24.3 Å². The summed E-state index contributed by atoms with van der Waals surface area (Å²) in [5.74, 6) is 0. The van der Waals surface area contributed by atoms with Crippen LogP contribution in [0.3, 0.4) is 0 Å². The number of ether oxygens (including phenoxy) is 1. The fraction of sp³-hybridized carbons (Fsp3) is 0.562. The highest BCUT2D eigenvalue weighted by Gasteiger charge is 2.06. The average Bonchev–Trinajstić information content (AvgIpc) is 2.50. The lowest BCUT2D eigenvalue weighted by molar-refractivity contribution is 0.126. The topological polar surface area (TPSA) is 65.3 Å². The molecule has 4 heteroatoms. The number of rotatable bonds is 10. The van der Waals surface area contributed by atoms with E-state index < -0.39 is 6.10 Å². The zero-order valence-corrected chi connectivity index (χ0v) is 12.1. The van der Waals surface area contributed by atoms with Crippen LogP contribution in [0, 0.1) is 11.3 Å². The van der Waals surface area contributed by atoms with Gasteiger partial charge in [0.2, 0.25) is 0 Å². The molecule has 1 atom stereocenters. The van der Waals surface area contributed by atoms with Gasteiger partial charge in [0.05, 0.1) is 17.7 Å². The Labute approximate surface area is 121 Å². The zero-order valence-electron chi connectivity index (χ0n) is 12.1. The Morgan fingerprint density at radius 3 is 2.60 bits per heavy atom. The van der Waals surface area contributed by atoms with Gasteiger partial charge in [-0.1, -0.05) is 25.5 Å². The van der Waals surface area contributed by atoms with Crippen LogP contribution >= 0.6 is 0 Å². The van der Waals surface area contributed by atoms with Crippen molar-refractivity contribution < 1.29 is 9.84 Å². The van der Waals surface area contributed by atoms with Gasteiger partial charge < -0.3 is 15.2 Å². The minimum Gasteiger partial charge on any atom is -0.387 e. The Morgan fingerprint density at radius 2 is 1.95 bits per heavy atom. The Balaban J connectivity index is 2.10. The van der Waals surface area contributed by atoms with Gasteiger partial charge in [-0.3, -0.25) is 0 Å². The molecule has 0 saturated heterocycles. The Kier molecular flexibility index (Phi) is 8.64. The van der Waals surface area contributed by atoms with Crippen LogP contribution in [0.25, 0.3) is 0 Å². The van der Waals surface area contributed by atoms with E-state index in [1.807, 2.05) is 0 Å². The molecule has 1 aromatic carbocycles. The van der Waals surface area contributed by atoms with Gasteiger partial charge in [0, 0.05) is 19.8 Å². The number of benzene rings is 1. The molecule has 0 fully saturated rings. The maximum atomic E-state index is 9.98. The molecule has 0 radical (unpaired) electrons. The summed E-state index contributed by atoms with van der Waals surface area (Å²) >= 11 is 0. The molecule has 0 heterocycles. The first-order chi connectivity index (χ1) is 9.77. The van der Waals surface area contributed by atoms with Gasteiger partial charge in [0.15, 0.2) is 0 Å². The number of hydrogen-bond acceptors (Lipinski definition) is 4. The summed E-state index contributed by atoms with van der Waals surface area (Å²) in [6, 6.07) is 9.09. The number of nitrogens with one attached hydrogen (secondary N) is 1. The lowest BCUT2D eigenvalue weighted by atomic mass is 10.1. The number of nitriles is 1. The van der Waals surface area contributed by atoms with E-state index in [-0.39, 0.29) is 0 Å². The van der Waals surface area contributed by atoms with Gasteiger partial charge in [-0.05, 0) is 37.1 Å². The van der Waals surface area contributed by atoms with E-state index in [0.717, 1.165) is 44.6 Å². The zero-order chi connectivity index (χ0) is 14.6. The molecule has 0 aliphatic heterocycles. The summed E-state index contributed by atoms with van der Waals surface area (Å²) in [6.45, 7) is 5.10. The molecule has 0 aliphatic carbocycles. The second kappa shape index (κ2) is 10.4. The summed E-state index contributed by atoms with van der Waals surface area (Å²) < 4.78 is 5.46. The van der Waals surface area contributed by atoms with Crippen molar-refractivity contribution in [2.45, 2.75) is 32.3 Å². The van der Waals surface area contributed by atoms with E-state index in [2.05, 4.69) is 18.3 Å². The largest absolute Gasteiger partial charge is 0.387 e. The highest BCUT2D eigenvalue weighted by Crippen LogP contribution is 2.12. The molecule has 0 bridgehead atoms. The second-order valence-corrected chi connectivity index (χ2v) is 4.77. The normalized spacial score (nSPS) is 12.1. The molecule has 4 nitrogen and oxygen atoms in total.